The van der Waals surface area contributed by atoms with Crippen molar-refractivity contribution in [3.63, 3.8) is 0 Å². The first-order chi connectivity index (χ1) is 9.39. The second-order valence-corrected chi connectivity index (χ2v) is 5.67. The van der Waals surface area contributed by atoms with Crippen LogP contribution in [0.2, 0.25) is 0 Å². The number of hydrogen-bond donors (Lipinski definition) is 2. The van der Waals surface area contributed by atoms with Gasteiger partial charge in [0, 0.05) is 18.8 Å². The molecule has 1 rings (SSSR count). The lowest BCUT2D eigenvalue weighted by molar-refractivity contribution is 0.158. The number of hydrogen-bond acceptors (Lipinski definition) is 5. The molecule has 8 heteroatoms. The number of carbonyl (C=O) groups is 1. The van der Waals surface area contributed by atoms with E-state index in [0.717, 1.165) is 9.87 Å². The number of amides is 1. The summed E-state index contributed by atoms with van der Waals surface area (Å²) in [5.41, 5.74) is 6.93. The first-order valence-electron chi connectivity index (χ1n) is 6.18. The molecule has 112 valence electrons. The highest BCUT2D eigenvalue weighted by Gasteiger charge is 2.23. The minimum Gasteiger partial charge on any atom is -0.449 e. The number of nitrogens with one attached hydrogen (secondary N) is 1. The number of benzene rings is 1. The largest absolute Gasteiger partial charge is 0.449 e. The molecule has 0 aromatic heterocycles. The molecule has 3 N–H and O–H groups in total. The molecule has 0 aliphatic carbocycles. The zero-order chi connectivity index (χ0) is 15.2. The van der Waals surface area contributed by atoms with Crippen LogP contribution in [0.3, 0.4) is 0 Å². The number of anilines is 1. The molecule has 1 aromatic rings. The van der Waals surface area contributed by atoms with Gasteiger partial charge in [-0.25, -0.2) is 9.52 Å². The molecule has 1 aromatic carbocycles. The second-order valence-electron chi connectivity index (χ2n) is 4.00. The number of nitrogens with zero attached hydrogens (tertiary/aromatic N) is 1. The highest BCUT2D eigenvalue weighted by molar-refractivity contribution is 7.87. The van der Waals surface area contributed by atoms with E-state index in [1.54, 1.807) is 38.1 Å². The molecule has 7 nitrogen and oxygen atoms in total. The molecular formula is C12H19N3O4S. The minimum absolute atomic E-state index is 0.0999. The Balaban J connectivity index is 2.81. The van der Waals surface area contributed by atoms with E-state index in [0.29, 0.717) is 5.69 Å². The molecule has 0 saturated carbocycles. The fourth-order valence-corrected chi connectivity index (χ4v) is 2.65. The van der Waals surface area contributed by atoms with Crippen molar-refractivity contribution < 1.29 is 17.9 Å². The summed E-state index contributed by atoms with van der Waals surface area (Å²) in [6, 6.07) is 6.90. The Morgan fingerprint density at radius 3 is 2.65 bits per heavy atom. The van der Waals surface area contributed by atoms with Gasteiger partial charge in [0.25, 0.3) is 0 Å². The van der Waals surface area contributed by atoms with Crippen LogP contribution in [-0.4, -0.2) is 32.0 Å². The summed E-state index contributed by atoms with van der Waals surface area (Å²) < 4.78 is 31.6. The van der Waals surface area contributed by atoms with Gasteiger partial charge in [-0.1, -0.05) is 19.1 Å². The zero-order valence-corrected chi connectivity index (χ0v) is 12.3. The average Bonchev–Trinajstić information content (AvgIpc) is 2.35. The Hall–Kier alpha value is -1.80. The number of carbonyl (C=O) groups excluding carboxylic acids is 1. The summed E-state index contributed by atoms with van der Waals surface area (Å²) in [6.45, 7) is 3.70. The van der Waals surface area contributed by atoms with Gasteiger partial charge in [0.2, 0.25) is 0 Å². The van der Waals surface area contributed by atoms with Crippen LogP contribution in [0.1, 0.15) is 19.4 Å². The van der Waals surface area contributed by atoms with Gasteiger partial charge in [0.05, 0.1) is 6.61 Å². The molecule has 0 aliphatic rings. The van der Waals surface area contributed by atoms with Gasteiger partial charge in [0.15, 0.2) is 0 Å². The molecule has 0 fully saturated rings. The topological polar surface area (TPSA) is 102 Å². The van der Waals surface area contributed by atoms with Crippen LogP contribution in [-0.2, 0) is 21.5 Å². The van der Waals surface area contributed by atoms with E-state index >= 15 is 0 Å². The Labute approximate surface area is 118 Å². The van der Waals surface area contributed by atoms with E-state index in [4.69, 9.17) is 5.73 Å². The Morgan fingerprint density at radius 1 is 1.40 bits per heavy atom. The van der Waals surface area contributed by atoms with Gasteiger partial charge in [-0.2, -0.15) is 12.7 Å². The summed E-state index contributed by atoms with van der Waals surface area (Å²) in [7, 11) is -3.94. The van der Waals surface area contributed by atoms with E-state index in [-0.39, 0.29) is 19.7 Å². The Bertz CT molecular complexity index is 560. The van der Waals surface area contributed by atoms with Gasteiger partial charge < -0.3 is 10.5 Å². The van der Waals surface area contributed by atoms with Gasteiger partial charge in [-0.3, -0.25) is 0 Å². The lowest BCUT2D eigenvalue weighted by Gasteiger charge is -2.20. The molecule has 20 heavy (non-hydrogen) atoms. The fraction of sp³-hybridized carbons (Fsp3) is 0.417. The maximum atomic E-state index is 12.0. The molecule has 0 atom stereocenters. The summed E-state index contributed by atoms with van der Waals surface area (Å²) in [5.74, 6) is 0. The predicted molar refractivity (Wildman–Crippen MR) is 76.0 cm³/mol. The zero-order valence-electron chi connectivity index (χ0n) is 11.5. The quantitative estimate of drug-likeness (QED) is 0.766. The van der Waals surface area contributed by atoms with Crippen LogP contribution in [0.4, 0.5) is 10.5 Å². The second kappa shape index (κ2) is 7.11. The van der Waals surface area contributed by atoms with Gasteiger partial charge in [0.1, 0.15) is 0 Å². The van der Waals surface area contributed by atoms with Gasteiger partial charge in [-0.15, -0.1) is 0 Å². The molecule has 0 radical (unpaired) electrons. The van der Waals surface area contributed by atoms with E-state index in [9.17, 15) is 13.2 Å². The van der Waals surface area contributed by atoms with Crippen LogP contribution in [0.15, 0.2) is 24.3 Å². The first-order valence-corrected chi connectivity index (χ1v) is 7.62. The van der Waals surface area contributed by atoms with Crippen molar-refractivity contribution in [3.8, 4) is 0 Å². The summed E-state index contributed by atoms with van der Waals surface area (Å²) in [4.78, 5) is 11.2. The Morgan fingerprint density at radius 2 is 2.10 bits per heavy atom. The highest BCUT2D eigenvalue weighted by atomic mass is 32.2. The smallest absolute Gasteiger partial charge is 0.421 e. The van der Waals surface area contributed by atoms with Gasteiger partial charge in [-0.05, 0) is 24.6 Å². The van der Waals surface area contributed by atoms with Crippen molar-refractivity contribution in [3.05, 3.63) is 29.8 Å². The molecule has 0 unspecified atom stereocenters. The number of rotatable bonds is 6. The summed E-state index contributed by atoms with van der Waals surface area (Å²) in [6.07, 6.45) is -0.987. The molecule has 1 amide bonds. The van der Waals surface area contributed by atoms with Crippen LogP contribution in [0, 0.1) is 0 Å². The highest BCUT2D eigenvalue weighted by Crippen LogP contribution is 2.11. The van der Waals surface area contributed by atoms with Crippen molar-refractivity contribution in [2.45, 2.75) is 20.4 Å². The summed E-state index contributed by atoms with van der Waals surface area (Å²) in [5, 5.41) is 0. The number of nitrogen functional groups attached to an aromatic ring is 1. The maximum absolute atomic E-state index is 12.0. The monoisotopic (exact) mass is 301 g/mol. The molecule has 0 spiro atoms. The van der Waals surface area contributed by atoms with E-state index in [1.165, 1.54) is 0 Å². The maximum Gasteiger partial charge on any atom is 0.421 e. The molecule has 0 saturated heterocycles. The third kappa shape index (κ3) is 4.71. The van der Waals surface area contributed by atoms with Gasteiger partial charge >= 0.3 is 16.3 Å². The van der Waals surface area contributed by atoms with E-state index in [1.807, 2.05) is 4.72 Å². The van der Waals surface area contributed by atoms with Crippen LogP contribution in [0.5, 0.6) is 0 Å². The molecular weight excluding hydrogens is 282 g/mol. The van der Waals surface area contributed by atoms with Crippen LogP contribution in [0.25, 0.3) is 0 Å². The minimum atomic E-state index is -3.94. The lowest BCUT2D eigenvalue weighted by atomic mass is 10.2. The number of ether oxygens (including phenoxy) is 1. The number of nitrogens with two attached hydrogens (primary N) is 1. The van der Waals surface area contributed by atoms with Crippen molar-refractivity contribution >= 4 is 22.0 Å². The third-order valence-corrected chi connectivity index (χ3v) is 3.98. The third-order valence-electron chi connectivity index (χ3n) is 2.49. The average molecular weight is 301 g/mol. The van der Waals surface area contributed by atoms with Crippen LogP contribution >= 0.6 is 0 Å². The molecule has 0 aliphatic heterocycles. The molecule has 0 bridgehead atoms. The fourth-order valence-electron chi connectivity index (χ4n) is 1.59. The summed E-state index contributed by atoms with van der Waals surface area (Å²) >= 11 is 0. The first kappa shape index (κ1) is 16.3. The normalized spacial score (nSPS) is 11.3. The van der Waals surface area contributed by atoms with Crippen molar-refractivity contribution in [2.24, 2.45) is 0 Å². The Kier molecular flexibility index (Phi) is 5.78. The van der Waals surface area contributed by atoms with E-state index < -0.39 is 16.3 Å². The standard InChI is InChI=1S/C12H19N3O4S/c1-3-15(9-10-6-5-7-11(13)8-10)20(17,18)14-12(16)19-4-2/h5-8H,3-4,9,13H2,1-2H3,(H,14,16). The molecule has 0 heterocycles. The SMILES string of the molecule is CCOC(=O)NS(=O)(=O)N(CC)Cc1cccc(N)c1. The predicted octanol–water partition coefficient (Wildman–Crippen LogP) is 1.08. The van der Waals surface area contributed by atoms with Crippen LogP contribution < -0.4 is 10.5 Å². The van der Waals surface area contributed by atoms with Crippen molar-refractivity contribution in [2.75, 3.05) is 18.9 Å². The lowest BCUT2D eigenvalue weighted by Crippen LogP contribution is -2.43. The van der Waals surface area contributed by atoms with Crippen molar-refractivity contribution in [1.82, 2.24) is 9.03 Å². The van der Waals surface area contributed by atoms with Crippen molar-refractivity contribution in [1.29, 1.82) is 0 Å². The van der Waals surface area contributed by atoms with E-state index in [2.05, 4.69) is 4.74 Å².